The third kappa shape index (κ3) is 4.76. The van der Waals surface area contributed by atoms with Crippen molar-refractivity contribution in [2.24, 2.45) is 4.99 Å². The number of thiophene rings is 1. The Morgan fingerprint density at radius 2 is 2.11 bits per heavy atom. The molecule has 4 rings (SSSR count). The quantitative estimate of drug-likeness (QED) is 0.674. The Bertz CT molecular complexity index is 809. The summed E-state index contributed by atoms with van der Waals surface area (Å²) in [7, 11) is 0. The number of para-hydroxylation sites is 2. The van der Waals surface area contributed by atoms with E-state index in [1.807, 2.05) is 19.1 Å². The smallest absolute Gasteiger partial charge is 0.139 e. The number of benzene rings is 1. The van der Waals surface area contributed by atoms with E-state index >= 15 is 0 Å². The first-order chi connectivity index (χ1) is 12.1. The lowest BCUT2D eigenvalue weighted by Gasteiger charge is -2.36. The molecular weight excluding hydrogens is 403 g/mol. The summed E-state index contributed by atoms with van der Waals surface area (Å²) in [5, 5.41) is 18.0. The standard InChI is InChI=1S/C19H24N4OS.2ClH/c1-12(24)9-14-11-23(8-7-20-14)18-15-10-13(2)25-19(15)22-17-6-4-3-5-16(17)21-18;;/h3-6,10,12,14,20,22,24H,7-9,11H2,1-2H3;2*1H/t12-,14+;;/m1../s1. The molecule has 5 nitrogen and oxygen atoms in total. The molecule has 2 aliphatic heterocycles. The zero-order chi connectivity index (χ0) is 17.4. The fourth-order valence-corrected chi connectivity index (χ4v) is 4.50. The van der Waals surface area contributed by atoms with Gasteiger partial charge in [-0.3, -0.25) is 0 Å². The van der Waals surface area contributed by atoms with Crippen LogP contribution in [0.4, 0.5) is 16.4 Å². The molecule has 1 saturated heterocycles. The highest BCUT2D eigenvalue weighted by Crippen LogP contribution is 2.39. The van der Waals surface area contributed by atoms with Crippen LogP contribution in [0.2, 0.25) is 0 Å². The van der Waals surface area contributed by atoms with Crippen molar-refractivity contribution in [3.63, 3.8) is 0 Å². The maximum Gasteiger partial charge on any atom is 0.139 e. The minimum absolute atomic E-state index is 0. The molecule has 2 aliphatic rings. The van der Waals surface area contributed by atoms with E-state index in [1.54, 1.807) is 11.3 Å². The van der Waals surface area contributed by atoms with Gasteiger partial charge in [0.05, 0.1) is 23.0 Å². The summed E-state index contributed by atoms with van der Waals surface area (Å²) in [5.74, 6) is 1.04. The van der Waals surface area contributed by atoms with Crippen molar-refractivity contribution in [2.45, 2.75) is 32.4 Å². The van der Waals surface area contributed by atoms with Crippen LogP contribution in [0.3, 0.4) is 0 Å². The van der Waals surface area contributed by atoms with Crippen LogP contribution in [-0.2, 0) is 0 Å². The average molecular weight is 429 g/mol. The maximum atomic E-state index is 9.74. The Morgan fingerprint density at radius 1 is 1.33 bits per heavy atom. The molecule has 3 N–H and O–H groups in total. The van der Waals surface area contributed by atoms with Gasteiger partial charge in [0.2, 0.25) is 0 Å². The van der Waals surface area contributed by atoms with Crippen LogP contribution in [0, 0.1) is 6.92 Å². The Morgan fingerprint density at radius 3 is 2.89 bits per heavy atom. The van der Waals surface area contributed by atoms with E-state index in [-0.39, 0.29) is 37.0 Å². The molecule has 1 aromatic carbocycles. The molecule has 2 atom stereocenters. The lowest BCUT2D eigenvalue weighted by molar-refractivity contribution is 0.151. The second-order valence-corrected chi connectivity index (χ2v) is 8.12. The highest BCUT2D eigenvalue weighted by molar-refractivity contribution is 7.16. The molecule has 27 heavy (non-hydrogen) atoms. The summed E-state index contributed by atoms with van der Waals surface area (Å²) in [4.78, 5) is 8.66. The third-order valence-electron chi connectivity index (χ3n) is 4.66. The molecule has 2 aromatic rings. The second-order valence-electron chi connectivity index (χ2n) is 6.86. The Hall–Kier alpha value is -1.31. The van der Waals surface area contributed by atoms with Crippen LogP contribution < -0.4 is 10.6 Å². The topological polar surface area (TPSA) is 59.9 Å². The van der Waals surface area contributed by atoms with E-state index in [0.29, 0.717) is 0 Å². The molecule has 1 fully saturated rings. The zero-order valence-electron chi connectivity index (χ0n) is 15.4. The predicted molar refractivity (Wildman–Crippen MR) is 119 cm³/mol. The Labute approximate surface area is 176 Å². The molecular formula is C19H26Cl2N4OS. The fourth-order valence-electron chi connectivity index (χ4n) is 3.58. The number of aliphatic hydroxyl groups is 1. The molecule has 8 heteroatoms. The minimum atomic E-state index is -0.296. The van der Waals surface area contributed by atoms with Gasteiger partial charge in [-0.25, -0.2) is 4.99 Å². The number of aryl methyl sites for hydroxylation is 1. The number of fused-ring (bicyclic) bond motifs is 2. The molecule has 148 valence electrons. The zero-order valence-corrected chi connectivity index (χ0v) is 17.9. The summed E-state index contributed by atoms with van der Waals surface area (Å²) < 4.78 is 0. The van der Waals surface area contributed by atoms with Gasteiger partial charge >= 0.3 is 0 Å². The highest BCUT2D eigenvalue weighted by atomic mass is 35.5. The summed E-state index contributed by atoms with van der Waals surface area (Å²) in [5.41, 5.74) is 3.21. The summed E-state index contributed by atoms with van der Waals surface area (Å²) in [6, 6.07) is 10.7. The van der Waals surface area contributed by atoms with Crippen LogP contribution in [0.5, 0.6) is 0 Å². The lowest BCUT2D eigenvalue weighted by Crippen LogP contribution is -2.53. The van der Waals surface area contributed by atoms with Gasteiger partial charge in [-0.1, -0.05) is 12.1 Å². The second kappa shape index (κ2) is 9.26. The van der Waals surface area contributed by atoms with Gasteiger partial charge < -0.3 is 20.6 Å². The molecule has 1 aromatic heterocycles. The van der Waals surface area contributed by atoms with E-state index in [4.69, 9.17) is 4.99 Å². The number of piperazine rings is 1. The van der Waals surface area contributed by atoms with Crippen molar-refractivity contribution >= 4 is 58.4 Å². The van der Waals surface area contributed by atoms with Gasteiger partial charge in [-0.05, 0) is 38.5 Å². The van der Waals surface area contributed by atoms with Crippen LogP contribution >= 0.6 is 36.2 Å². The van der Waals surface area contributed by atoms with Gasteiger partial charge in [0.15, 0.2) is 0 Å². The van der Waals surface area contributed by atoms with E-state index in [9.17, 15) is 5.11 Å². The summed E-state index contributed by atoms with van der Waals surface area (Å²) in [6.07, 6.45) is 0.462. The number of hydrogen-bond donors (Lipinski definition) is 3. The Balaban J connectivity index is 0.00000131. The number of aliphatic hydroxyl groups excluding tert-OH is 1. The Kier molecular flexibility index (Phi) is 7.54. The number of anilines is 2. The van der Waals surface area contributed by atoms with Crippen LogP contribution in [-0.4, -0.2) is 47.6 Å². The van der Waals surface area contributed by atoms with Crippen molar-refractivity contribution in [1.82, 2.24) is 10.2 Å². The molecule has 0 aliphatic carbocycles. The van der Waals surface area contributed by atoms with Gasteiger partial charge in [-0.15, -0.1) is 36.2 Å². The predicted octanol–water partition coefficient (Wildman–Crippen LogP) is 4.08. The SMILES string of the molecule is Cc1cc2c(s1)Nc1ccccc1N=C2N1CCN[C@@H](C[C@@H](C)O)C1.Cl.Cl. The molecule has 0 radical (unpaired) electrons. The van der Waals surface area contributed by atoms with E-state index in [1.165, 1.54) is 10.4 Å². The monoisotopic (exact) mass is 428 g/mol. The van der Waals surface area contributed by atoms with Gasteiger partial charge in [-0.2, -0.15) is 0 Å². The molecule has 0 spiro atoms. The molecule has 0 amide bonds. The summed E-state index contributed by atoms with van der Waals surface area (Å²) >= 11 is 1.77. The van der Waals surface area contributed by atoms with Crippen molar-refractivity contribution in [3.05, 3.63) is 40.8 Å². The molecule has 0 unspecified atom stereocenters. The minimum Gasteiger partial charge on any atom is -0.393 e. The summed E-state index contributed by atoms with van der Waals surface area (Å²) in [6.45, 7) is 6.68. The number of rotatable bonds is 2. The van der Waals surface area contributed by atoms with Crippen molar-refractivity contribution in [3.8, 4) is 0 Å². The highest BCUT2D eigenvalue weighted by Gasteiger charge is 2.27. The molecule has 0 bridgehead atoms. The number of amidine groups is 1. The van der Waals surface area contributed by atoms with Crippen molar-refractivity contribution in [1.29, 1.82) is 0 Å². The average Bonchev–Trinajstić information content (AvgIpc) is 2.86. The number of nitrogens with zero attached hydrogens (tertiary/aromatic N) is 2. The van der Waals surface area contributed by atoms with Crippen LogP contribution in [0.25, 0.3) is 0 Å². The largest absolute Gasteiger partial charge is 0.393 e. The lowest BCUT2D eigenvalue weighted by atomic mass is 10.1. The van der Waals surface area contributed by atoms with E-state index < -0.39 is 0 Å². The first-order valence-electron chi connectivity index (χ1n) is 8.82. The first-order valence-corrected chi connectivity index (χ1v) is 9.64. The number of nitrogens with one attached hydrogen (secondary N) is 2. The van der Waals surface area contributed by atoms with Gasteiger partial charge in [0.1, 0.15) is 10.8 Å². The first kappa shape index (κ1) is 22.0. The third-order valence-corrected chi connectivity index (χ3v) is 5.62. The number of hydrogen-bond acceptors (Lipinski definition) is 6. The van der Waals surface area contributed by atoms with Crippen molar-refractivity contribution < 1.29 is 5.11 Å². The van der Waals surface area contributed by atoms with Gasteiger partial charge in [0.25, 0.3) is 0 Å². The van der Waals surface area contributed by atoms with Gasteiger partial charge in [0, 0.05) is 30.6 Å². The van der Waals surface area contributed by atoms with Crippen molar-refractivity contribution in [2.75, 3.05) is 25.0 Å². The fraction of sp³-hybridized carbons (Fsp3) is 0.421. The molecule has 3 heterocycles. The normalized spacial score (nSPS) is 19.3. The van der Waals surface area contributed by atoms with E-state index in [0.717, 1.165) is 48.3 Å². The van der Waals surface area contributed by atoms with Crippen LogP contribution in [0.15, 0.2) is 35.3 Å². The van der Waals surface area contributed by atoms with E-state index in [2.05, 4.69) is 40.7 Å². The number of aliphatic imine (C=N–C) groups is 1. The maximum absolute atomic E-state index is 9.74. The molecule has 0 saturated carbocycles. The number of halogens is 2. The van der Waals surface area contributed by atoms with Crippen LogP contribution in [0.1, 0.15) is 23.8 Å².